The van der Waals surface area contributed by atoms with E-state index in [2.05, 4.69) is 9.73 Å². The molecule has 1 aliphatic heterocycles. The van der Waals surface area contributed by atoms with Gasteiger partial charge in [-0.1, -0.05) is 6.42 Å². The summed E-state index contributed by atoms with van der Waals surface area (Å²) in [7, 11) is 2.91. The molecule has 0 N–H and O–H groups in total. The molecule has 0 spiro atoms. The van der Waals surface area contributed by atoms with Crippen LogP contribution in [-0.4, -0.2) is 38.8 Å². The van der Waals surface area contributed by atoms with Crippen LogP contribution in [0.3, 0.4) is 0 Å². The number of fused-ring (bicyclic) bond motifs is 2. The third-order valence-corrected chi connectivity index (χ3v) is 4.87. The van der Waals surface area contributed by atoms with Gasteiger partial charge in [0.1, 0.15) is 0 Å². The van der Waals surface area contributed by atoms with Crippen molar-refractivity contribution in [3.8, 4) is 11.5 Å². The second-order valence-electron chi connectivity index (χ2n) is 6.39. The molecule has 0 aromatic heterocycles. The Morgan fingerprint density at radius 1 is 1.24 bits per heavy atom. The molecule has 0 amide bonds. The van der Waals surface area contributed by atoms with Crippen molar-refractivity contribution >= 4 is 23.7 Å². The van der Waals surface area contributed by atoms with Gasteiger partial charge in [-0.2, -0.15) is 0 Å². The molecule has 1 aromatic carbocycles. The minimum atomic E-state index is -0.265. The number of Topliss-reactive ketones (excluding diaryl/α,β-unsaturated/α-hetero) is 1. The number of nitrogens with zero attached hydrogens (tertiary/aromatic N) is 1. The van der Waals surface area contributed by atoms with Crippen LogP contribution < -0.4 is 9.47 Å². The maximum Gasteiger partial charge on any atom is 0.305 e. The van der Waals surface area contributed by atoms with Gasteiger partial charge in [-0.25, -0.2) is 0 Å². The predicted octanol–water partition coefficient (Wildman–Crippen LogP) is 3.34. The number of benzene rings is 1. The van der Waals surface area contributed by atoms with E-state index in [0.717, 1.165) is 19.3 Å². The fraction of sp³-hybridized carbons (Fsp3) is 0.526. The second kappa shape index (κ2) is 7.68. The highest BCUT2D eigenvalue weighted by Crippen LogP contribution is 2.42. The van der Waals surface area contributed by atoms with Crippen molar-refractivity contribution in [2.45, 2.75) is 32.1 Å². The molecule has 0 saturated heterocycles. The Bertz CT molecular complexity index is 697. The standard InChI is InChI=1S/C19H23NO5/c1-23-16-9-14-15(10-17(16)25-8-4-7-18(21)24-2)20-11-12-5-3-6-13(12)19(14)22/h9-13H,3-8H2,1-2H3/t12-,13?/m0/s1. The fourth-order valence-corrected chi connectivity index (χ4v) is 3.49. The van der Waals surface area contributed by atoms with E-state index in [0.29, 0.717) is 42.2 Å². The normalized spacial score (nSPS) is 21.3. The Hall–Kier alpha value is -2.37. The summed E-state index contributed by atoms with van der Waals surface area (Å²) < 4.78 is 15.7. The highest BCUT2D eigenvalue weighted by Gasteiger charge is 2.35. The lowest BCUT2D eigenvalue weighted by Crippen LogP contribution is -2.18. The smallest absolute Gasteiger partial charge is 0.305 e. The van der Waals surface area contributed by atoms with E-state index in [4.69, 9.17) is 9.47 Å². The number of hydrogen-bond acceptors (Lipinski definition) is 6. The maximum absolute atomic E-state index is 12.8. The molecule has 134 valence electrons. The number of rotatable bonds is 6. The lowest BCUT2D eigenvalue weighted by Gasteiger charge is -2.15. The Morgan fingerprint density at radius 3 is 2.84 bits per heavy atom. The van der Waals surface area contributed by atoms with E-state index in [1.165, 1.54) is 7.11 Å². The van der Waals surface area contributed by atoms with Gasteiger partial charge in [0.15, 0.2) is 17.3 Å². The molecular formula is C19H23NO5. The summed E-state index contributed by atoms with van der Waals surface area (Å²) in [5, 5.41) is 0. The number of carbonyl (C=O) groups is 2. The van der Waals surface area contributed by atoms with E-state index in [-0.39, 0.29) is 23.6 Å². The molecule has 1 fully saturated rings. The summed E-state index contributed by atoms with van der Waals surface area (Å²) in [5.41, 5.74) is 1.23. The van der Waals surface area contributed by atoms with Crippen LogP contribution in [0.2, 0.25) is 0 Å². The van der Waals surface area contributed by atoms with E-state index >= 15 is 0 Å². The van der Waals surface area contributed by atoms with Gasteiger partial charge in [0.25, 0.3) is 0 Å². The van der Waals surface area contributed by atoms with Crippen LogP contribution in [0.5, 0.6) is 11.5 Å². The minimum Gasteiger partial charge on any atom is -0.493 e. The number of ketones is 1. The van der Waals surface area contributed by atoms with E-state index < -0.39 is 0 Å². The Balaban J connectivity index is 1.78. The molecule has 1 heterocycles. The Morgan fingerprint density at radius 2 is 2.08 bits per heavy atom. The molecule has 1 aliphatic carbocycles. The summed E-state index contributed by atoms with van der Waals surface area (Å²) in [4.78, 5) is 28.5. The first-order valence-electron chi connectivity index (χ1n) is 8.64. The number of esters is 1. The molecule has 0 radical (unpaired) electrons. The van der Waals surface area contributed by atoms with Crippen LogP contribution in [0.25, 0.3) is 0 Å². The average molecular weight is 345 g/mol. The molecule has 6 heteroatoms. The molecule has 1 saturated carbocycles. The van der Waals surface area contributed by atoms with Crippen molar-refractivity contribution in [1.29, 1.82) is 0 Å². The number of aliphatic imine (C=N–C) groups is 1. The van der Waals surface area contributed by atoms with Crippen molar-refractivity contribution in [3.63, 3.8) is 0 Å². The van der Waals surface area contributed by atoms with Crippen LogP contribution in [0.15, 0.2) is 17.1 Å². The zero-order chi connectivity index (χ0) is 17.8. The lowest BCUT2D eigenvalue weighted by molar-refractivity contribution is -0.140. The van der Waals surface area contributed by atoms with E-state index in [9.17, 15) is 9.59 Å². The minimum absolute atomic E-state index is 0.0292. The van der Waals surface area contributed by atoms with Crippen LogP contribution in [0, 0.1) is 11.8 Å². The van der Waals surface area contributed by atoms with Crippen molar-refractivity contribution < 1.29 is 23.8 Å². The molecule has 2 atom stereocenters. The average Bonchev–Trinajstić information content (AvgIpc) is 3.06. The van der Waals surface area contributed by atoms with Gasteiger partial charge in [0, 0.05) is 36.1 Å². The van der Waals surface area contributed by atoms with Crippen LogP contribution in [-0.2, 0) is 9.53 Å². The van der Waals surface area contributed by atoms with Gasteiger partial charge >= 0.3 is 5.97 Å². The van der Waals surface area contributed by atoms with E-state index in [1.54, 1.807) is 19.2 Å². The Kier molecular flexibility index (Phi) is 5.36. The highest BCUT2D eigenvalue weighted by molar-refractivity contribution is 6.06. The first-order chi connectivity index (χ1) is 12.1. The molecule has 0 bridgehead atoms. The first-order valence-corrected chi connectivity index (χ1v) is 8.64. The SMILES string of the molecule is COC(=O)CCCOc1cc2c(cc1OC)C(=O)C1CCC[C@H]1C=N2. The van der Waals surface area contributed by atoms with Gasteiger partial charge in [0.2, 0.25) is 0 Å². The van der Waals surface area contributed by atoms with Gasteiger partial charge in [-0.3, -0.25) is 14.6 Å². The van der Waals surface area contributed by atoms with Crippen LogP contribution >= 0.6 is 0 Å². The van der Waals surface area contributed by atoms with Crippen molar-refractivity contribution in [2.24, 2.45) is 16.8 Å². The summed E-state index contributed by atoms with van der Waals surface area (Å²) in [6.45, 7) is 0.354. The maximum atomic E-state index is 12.8. The zero-order valence-electron chi connectivity index (χ0n) is 14.6. The van der Waals surface area contributed by atoms with Crippen LogP contribution in [0.4, 0.5) is 5.69 Å². The third kappa shape index (κ3) is 3.67. The number of ether oxygens (including phenoxy) is 3. The van der Waals surface area contributed by atoms with Gasteiger partial charge in [0.05, 0.1) is 26.5 Å². The molecule has 25 heavy (non-hydrogen) atoms. The first kappa shape index (κ1) is 17.5. The highest BCUT2D eigenvalue weighted by atomic mass is 16.5. The number of methoxy groups -OCH3 is 2. The monoisotopic (exact) mass is 345 g/mol. The number of hydrogen-bond donors (Lipinski definition) is 0. The fourth-order valence-electron chi connectivity index (χ4n) is 3.49. The van der Waals surface area contributed by atoms with Crippen molar-refractivity contribution in [3.05, 3.63) is 17.7 Å². The molecule has 1 aromatic rings. The third-order valence-electron chi connectivity index (χ3n) is 4.87. The summed E-state index contributed by atoms with van der Waals surface area (Å²) >= 11 is 0. The van der Waals surface area contributed by atoms with Crippen molar-refractivity contribution in [1.82, 2.24) is 0 Å². The zero-order valence-corrected chi connectivity index (χ0v) is 14.6. The summed E-state index contributed by atoms with van der Waals surface area (Å²) in [6.07, 6.45) is 5.75. The topological polar surface area (TPSA) is 74.2 Å². The van der Waals surface area contributed by atoms with Crippen LogP contribution in [0.1, 0.15) is 42.5 Å². The molecule has 1 unspecified atom stereocenters. The quantitative estimate of drug-likeness (QED) is 0.584. The Labute approximate surface area is 147 Å². The summed E-state index contributed by atoms with van der Waals surface area (Å²) in [6, 6.07) is 3.48. The predicted molar refractivity (Wildman–Crippen MR) is 93.1 cm³/mol. The second-order valence-corrected chi connectivity index (χ2v) is 6.39. The van der Waals surface area contributed by atoms with Crippen molar-refractivity contribution in [2.75, 3.05) is 20.8 Å². The number of carbonyl (C=O) groups excluding carboxylic acids is 2. The van der Waals surface area contributed by atoms with Gasteiger partial charge in [-0.15, -0.1) is 0 Å². The molecule has 2 aliphatic rings. The molecule has 6 nitrogen and oxygen atoms in total. The van der Waals surface area contributed by atoms with E-state index in [1.807, 2.05) is 6.21 Å². The van der Waals surface area contributed by atoms with Gasteiger partial charge in [-0.05, 0) is 25.3 Å². The lowest BCUT2D eigenvalue weighted by atomic mass is 9.89. The van der Waals surface area contributed by atoms with Gasteiger partial charge < -0.3 is 14.2 Å². The molecular weight excluding hydrogens is 322 g/mol. The summed E-state index contributed by atoms with van der Waals surface area (Å²) in [5.74, 6) is 1.18. The largest absolute Gasteiger partial charge is 0.493 e. The molecule has 3 rings (SSSR count).